The van der Waals surface area contributed by atoms with Gasteiger partial charge in [-0.05, 0) is 38.8 Å². The first-order chi connectivity index (χ1) is 7.77. The Hall–Kier alpha value is -1.49. The highest BCUT2D eigenvalue weighted by Gasteiger charge is 2.02. The molecule has 0 saturated carbocycles. The molecule has 0 heterocycles. The van der Waals surface area contributed by atoms with Crippen LogP contribution in [0.4, 0.5) is 5.69 Å². The molecule has 2 heteroatoms. The smallest absolute Gasteiger partial charge is 0.0621 e. The molecular formula is C14H20N2. The summed E-state index contributed by atoms with van der Waals surface area (Å²) < 4.78 is 0. The summed E-state index contributed by atoms with van der Waals surface area (Å²) in [4.78, 5) is 2.36. The maximum absolute atomic E-state index is 8.47. The normalized spacial score (nSPS) is 9.81. The zero-order valence-corrected chi connectivity index (χ0v) is 10.2. The first-order valence-electron chi connectivity index (χ1n) is 5.96. The Morgan fingerprint density at radius 2 is 1.88 bits per heavy atom. The van der Waals surface area contributed by atoms with E-state index in [9.17, 15) is 0 Å². The molecule has 0 aliphatic rings. The molecule has 1 aromatic rings. The molecule has 1 aromatic carbocycles. The first-order valence-corrected chi connectivity index (χ1v) is 5.96. The van der Waals surface area contributed by atoms with Gasteiger partial charge in [0.15, 0.2) is 0 Å². The minimum absolute atomic E-state index is 0.672. The molecule has 0 aromatic heterocycles. The summed E-state index contributed by atoms with van der Waals surface area (Å²) in [5, 5.41) is 8.47. The van der Waals surface area contributed by atoms with Crippen LogP contribution in [-0.2, 0) is 0 Å². The quantitative estimate of drug-likeness (QED) is 0.680. The third kappa shape index (κ3) is 3.94. The van der Waals surface area contributed by atoms with Crippen LogP contribution in [0.1, 0.15) is 31.7 Å². The van der Waals surface area contributed by atoms with Crippen LogP contribution < -0.4 is 4.90 Å². The van der Waals surface area contributed by atoms with E-state index in [4.69, 9.17) is 5.26 Å². The molecule has 0 radical (unpaired) electrons. The lowest BCUT2D eigenvalue weighted by molar-refractivity contribution is 0.708. The van der Waals surface area contributed by atoms with Gasteiger partial charge in [0.25, 0.3) is 0 Å². The van der Waals surface area contributed by atoms with Gasteiger partial charge in [0.1, 0.15) is 0 Å². The van der Waals surface area contributed by atoms with Gasteiger partial charge in [-0.25, -0.2) is 0 Å². The largest absolute Gasteiger partial charge is 0.372 e. The van der Waals surface area contributed by atoms with Gasteiger partial charge in [-0.1, -0.05) is 17.7 Å². The number of rotatable bonds is 6. The summed E-state index contributed by atoms with van der Waals surface area (Å²) in [6, 6.07) is 10.8. The van der Waals surface area contributed by atoms with Crippen LogP contribution in [0, 0.1) is 18.3 Å². The van der Waals surface area contributed by atoms with Crippen LogP contribution >= 0.6 is 0 Å². The fourth-order valence-corrected chi connectivity index (χ4v) is 1.73. The molecule has 86 valence electrons. The number of hydrogen-bond donors (Lipinski definition) is 0. The van der Waals surface area contributed by atoms with Crippen LogP contribution in [-0.4, -0.2) is 13.1 Å². The van der Waals surface area contributed by atoms with E-state index >= 15 is 0 Å². The van der Waals surface area contributed by atoms with Crippen LogP contribution in [0.2, 0.25) is 0 Å². The molecule has 0 unspecified atom stereocenters. The molecule has 16 heavy (non-hydrogen) atoms. The SMILES string of the molecule is CCN(CCCCC#N)c1ccc(C)cc1. The lowest BCUT2D eigenvalue weighted by Gasteiger charge is -2.23. The second kappa shape index (κ2) is 6.90. The molecule has 0 bridgehead atoms. The number of anilines is 1. The fraction of sp³-hybridized carbons (Fsp3) is 0.500. The van der Waals surface area contributed by atoms with E-state index in [1.54, 1.807) is 0 Å². The molecule has 0 amide bonds. The van der Waals surface area contributed by atoms with Crippen LogP contribution in [0.5, 0.6) is 0 Å². The first kappa shape index (κ1) is 12.6. The van der Waals surface area contributed by atoms with Crippen LogP contribution in [0.25, 0.3) is 0 Å². The number of benzene rings is 1. The lowest BCUT2D eigenvalue weighted by atomic mass is 10.2. The molecule has 1 rings (SSSR count). The Balaban J connectivity index is 2.48. The summed E-state index contributed by atoms with van der Waals surface area (Å²) in [5.41, 5.74) is 2.58. The minimum atomic E-state index is 0.672. The van der Waals surface area contributed by atoms with Gasteiger partial charge >= 0.3 is 0 Å². The summed E-state index contributed by atoms with van der Waals surface area (Å²) in [6.45, 7) is 6.34. The van der Waals surface area contributed by atoms with Crippen LogP contribution in [0.3, 0.4) is 0 Å². The van der Waals surface area contributed by atoms with Gasteiger partial charge in [-0.3, -0.25) is 0 Å². The zero-order chi connectivity index (χ0) is 11.8. The van der Waals surface area contributed by atoms with E-state index in [0.29, 0.717) is 6.42 Å². The van der Waals surface area contributed by atoms with Crippen molar-refractivity contribution < 1.29 is 0 Å². The van der Waals surface area contributed by atoms with Gasteiger partial charge < -0.3 is 4.90 Å². The van der Waals surface area contributed by atoms with Gasteiger partial charge in [0.05, 0.1) is 6.07 Å². The van der Waals surface area contributed by atoms with Crippen LogP contribution in [0.15, 0.2) is 24.3 Å². The number of hydrogen-bond acceptors (Lipinski definition) is 2. The average Bonchev–Trinajstić information content (AvgIpc) is 2.31. The van der Waals surface area contributed by atoms with E-state index in [0.717, 1.165) is 25.9 Å². The molecule has 0 aliphatic carbocycles. The highest BCUT2D eigenvalue weighted by Crippen LogP contribution is 2.15. The summed E-state index contributed by atoms with van der Waals surface area (Å²) in [7, 11) is 0. The van der Waals surface area contributed by atoms with Crippen molar-refractivity contribution >= 4 is 5.69 Å². The molecule has 0 atom stereocenters. The topological polar surface area (TPSA) is 27.0 Å². The fourth-order valence-electron chi connectivity index (χ4n) is 1.73. The van der Waals surface area contributed by atoms with Crippen molar-refractivity contribution in [2.75, 3.05) is 18.0 Å². The molecule has 0 N–H and O–H groups in total. The van der Waals surface area contributed by atoms with Gasteiger partial charge in [0.2, 0.25) is 0 Å². The third-order valence-corrected chi connectivity index (χ3v) is 2.75. The second-order valence-electron chi connectivity index (χ2n) is 4.03. The molecule has 0 fully saturated rings. The molecule has 0 spiro atoms. The number of aryl methyl sites for hydroxylation is 1. The Labute approximate surface area is 98.5 Å². The van der Waals surface area contributed by atoms with Crippen molar-refractivity contribution in [2.45, 2.75) is 33.1 Å². The maximum Gasteiger partial charge on any atom is 0.0621 e. The Kier molecular flexibility index (Phi) is 5.42. The molecular weight excluding hydrogens is 196 g/mol. The average molecular weight is 216 g/mol. The zero-order valence-electron chi connectivity index (χ0n) is 10.2. The van der Waals surface area contributed by atoms with E-state index in [2.05, 4.69) is 49.1 Å². The predicted molar refractivity (Wildman–Crippen MR) is 68.5 cm³/mol. The van der Waals surface area contributed by atoms with E-state index in [1.807, 2.05) is 0 Å². The van der Waals surface area contributed by atoms with Crippen molar-refractivity contribution in [3.05, 3.63) is 29.8 Å². The summed E-state index contributed by atoms with van der Waals surface area (Å²) in [5.74, 6) is 0. The third-order valence-electron chi connectivity index (χ3n) is 2.75. The standard InChI is InChI=1S/C14H20N2/c1-3-16(12-6-4-5-11-15)14-9-7-13(2)8-10-14/h7-10H,3-6,12H2,1-2H3. The Morgan fingerprint density at radius 3 is 2.44 bits per heavy atom. The number of nitriles is 1. The van der Waals surface area contributed by atoms with Crippen molar-refractivity contribution in [3.63, 3.8) is 0 Å². The second-order valence-corrected chi connectivity index (χ2v) is 4.03. The van der Waals surface area contributed by atoms with Gasteiger partial charge in [0, 0.05) is 25.2 Å². The highest BCUT2D eigenvalue weighted by atomic mass is 15.1. The van der Waals surface area contributed by atoms with Crippen molar-refractivity contribution in [2.24, 2.45) is 0 Å². The Bertz CT molecular complexity index is 335. The van der Waals surface area contributed by atoms with Crippen molar-refractivity contribution in [1.82, 2.24) is 0 Å². The Morgan fingerprint density at radius 1 is 1.19 bits per heavy atom. The maximum atomic E-state index is 8.47. The highest BCUT2D eigenvalue weighted by molar-refractivity contribution is 5.47. The van der Waals surface area contributed by atoms with E-state index < -0.39 is 0 Å². The monoisotopic (exact) mass is 216 g/mol. The summed E-state index contributed by atoms with van der Waals surface area (Å²) >= 11 is 0. The predicted octanol–water partition coefficient (Wildman–Crippen LogP) is 3.52. The van der Waals surface area contributed by atoms with Crippen molar-refractivity contribution in [3.8, 4) is 6.07 Å². The van der Waals surface area contributed by atoms with E-state index in [-0.39, 0.29) is 0 Å². The lowest BCUT2D eigenvalue weighted by Crippen LogP contribution is -2.23. The minimum Gasteiger partial charge on any atom is -0.372 e. The molecule has 0 aliphatic heterocycles. The van der Waals surface area contributed by atoms with Gasteiger partial charge in [-0.15, -0.1) is 0 Å². The van der Waals surface area contributed by atoms with E-state index in [1.165, 1.54) is 11.3 Å². The number of unbranched alkanes of at least 4 members (excludes halogenated alkanes) is 2. The molecule has 2 nitrogen and oxygen atoms in total. The van der Waals surface area contributed by atoms with Gasteiger partial charge in [-0.2, -0.15) is 5.26 Å². The summed E-state index contributed by atoms with van der Waals surface area (Å²) in [6.07, 6.45) is 2.76. The van der Waals surface area contributed by atoms with Crippen molar-refractivity contribution in [1.29, 1.82) is 5.26 Å². The number of nitrogens with zero attached hydrogens (tertiary/aromatic N) is 2. The molecule has 0 saturated heterocycles.